The van der Waals surface area contributed by atoms with E-state index in [4.69, 9.17) is 0 Å². The minimum absolute atomic E-state index is 1.15. The summed E-state index contributed by atoms with van der Waals surface area (Å²) in [4.78, 5) is 0. The number of allylic oxidation sites excluding steroid dienone is 2. The van der Waals surface area contributed by atoms with Gasteiger partial charge in [0.05, 0.1) is 0 Å². The molecule has 0 fully saturated rings. The first-order chi connectivity index (χ1) is 5.83. The number of benzene rings is 1. The maximum atomic E-state index is 2.33. The molecule has 0 radical (unpaired) electrons. The van der Waals surface area contributed by atoms with Crippen LogP contribution in [0.4, 0.5) is 0 Å². The van der Waals surface area contributed by atoms with Crippen LogP contribution in [0.5, 0.6) is 0 Å². The van der Waals surface area contributed by atoms with Crippen molar-refractivity contribution in [2.24, 2.45) is 0 Å². The maximum absolute atomic E-state index is 2.33. The fourth-order valence-electron chi connectivity index (χ4n) is 1.07. The van der Waals surface area contributed by atoms with Gasteiger partial charge in [-0.05, 0) is 60.1 Å². The Morgan fingerprint density at radius 1 is 1.25 bits per heavy atom. The molecular formula is C11H13I. The molecule has 0 saturated heterocycles. The molecule has 1 rings (SSSR count). The lowest BCUT2D eigenvalue weighted by atomic mass is 10.1. The summed E-state index contributed by atoms with van der Waals surface area (Å²) >= 11 is 2.33. The number of rotatable bonds is 3. The van der Waals surface area contributed by atoms with Gasteiger partial charge in [0.25, 0.3) is 0 Å². The maximum Gasteiger partial charge on any atom is 0.0130 e. The fourth-order valence-corrected chi connectivity index (χ4v) is 1.43. The summed E-state index contributed by atoms with van der Waals surface area (Å²) in [6, 6.07) is 8.72. The molecule has 0 amide bonds. The Morgan fingerprint density at radius 2 is 1.92 bits per heavy atom. The third-order valence-corrected chi connectivity index (χ3v) is 2.47. The van der Waals surface area contributed by atoms with Gasteiger partial charge in [-0.3, -0.25) is 0 Å². The van der Waals surface area contributed by atoms with Crippen molar-refractivity contribution < 1.29 is 0 Å². The van der Waals surface area contributed by atoms with E-state index in [-0.39, 0.29) is 0 Å². The summed E-state index contributed by atoms with van der Waals surface area (Å²) in [6.07, 6.45) is 6.61. The molecule has 1 aromatic carbocycles. The quantitative estimate of drug-likeness (QED) is 0.580. The second-order valence-electron chi connectivity index (χ2n) is 2.73. The first-order valence-electron chi connectivity index (χ1n) is 4.18. The molecule has 0 spiro atoms. The molecule has 64 valence electrons. The minimum atomic E-state index is 1.15. The Labute approximate surface area is 87.8 Å². The largest absolute Gasteiger partial charge is 0.0917 e. The van der Waals surface area contributed by atoms with E-state index in [2.05, 4.69) is 65.9 Å². The predicted molar refractivity (Wildman–Crippen MR) is 62.3 cm³/mol. The van der Waals surface area contributed by atoms with Crippen molar-refractivity contribution >= 4 is 22.6 Å². The van der Waals surface area contributed by atoms with Gasteiger partial charge in [0.1, 0.15) is 0 Å². The zero-order valence-electron chi connectivity index (χ0n) is 7.26. The molecular weight excluding hydrogens is 259 g/mol. The molecule has 0 aliphatic rings. The summed E-state index contributed by atoms with van der Waals surface area (Å²) < 4.78 is 1.31. The second kappa shape index (κ2) is 5.36. The average Bonchev–Trinajstić information content (AvgIpc) is 2.09. The van der Waals surface area contributed by atoms with Crippen LogP contribution in [-0.4, -0.2) is 0 Å². The topological polar surface area (TPSA) is 0 Å². The highest BCUT2D eigenvalue weighted by atomic mass is 127. The lowest BCUT2D eigenvalue weighted by molar-refractivity contribution is 0.999. The number of halogens is 1. The van der Waals surface area contributed by atoms with Crippen LogP contribution in [0.1, 0.15) is 18.9 Å². The van der Waals surface area contributed by atoms with Crippen LogP contribution in [0.2, 0.25) is 0 Å². The van der Waals surface area contributed by atoms with Crippen molar-refractivity contribution in [1.82, 2.24) is 0 Å². The number of aryl methyl sites for hydroxylation is 1. The summed E-state index contributed by atoms with van der Waals surface area (Å²) in [5, 5.41) is 0. The van der Waals surface area contributed by atoms with E-state index < -0.39 is 0 Å². The van der Waals surface area contributed by atoms with Crippen LogP contribution in [0.25, 0.3) is 0 Å². The Balaban J connectivity index is 2.47. The van der Waals surface area contributed by atoms with Gasteiger partial charge in [-0.25, -0.2) is 0 Å². The molecule has 0 heterocycles. The van der Waals surface area contributed by atoms with Crippen LogP contribution in [0.3, 0.4) is 0 Å². The van der Waals surface area contributed by atoms with E-state index in [0.29, 0.717) is 0 Å². The molecule has 0 nitrogen and oxygen atoms in total. The number of hydrogen-bond donors (Lipinski definition) is 0. The third kappa shape index (κ3) is 3.39. The Hall–Kier alpha value is -0.310. The molecule has 0 atom stereocenters. The zero-order valence-corrected chi connectivity index (χ0v) is 9.41. The number of hydrogen-bond acceptors (Lipinski definition) is 0. The van der Waals surface area contributed by atoms with Gasteiger partial charge < -0.3 is 0 Å². The highest BCUT2D eigenvalue weighted by Crippen LogP contribution is 2.08. The zero-order chi connectivity index (χ0) is 8.81. The lowest BCUT2D eigenvalue weighted by Gasteiger charge is -1.97. The molecule has 0 aromatic heterocycles. The first kappa shape index (κ1) is 9.78. The van der Waals surface area contributed by atoms with Gasteiger partial charge in [-0.1, -0.05) is 24.3 Å². The summed E-state index contributed by atoms with van der Waals surface area (Å²) in [5.74, 6) is 0. The molecule has 1 aromatic rings. The van der Waals surface area contributed by atoms with Crippen molar-refractivity contribution in [1.29, 1.82) is 0 Å². The van der Waals surface area contributed by atoms with Gasteiger partial charge in [-0.15, -0.1) is 0 Å². The normalized spacial score (nSPS) is 10.8. The van der Waals surface area contributed by atoms with Crippen LogP contribution < -0.4 is 0 Å². The van der Waals surface area contributed by atoms with E-state index in [1.165, 1.54) is 9.13 Å². The SMILES string of the molecule is CC=CCCc1ccc(I)cc1. The van der Waals surface area contributed by atoms with Crippen molar-refractivity contribution in [3.05, 3.63) is 45.6 Å². The molecule has 12 heavy (non-hydrogen) atoms. The Bertz CT molecular complexity index is 246. The molecule has 0 N–H and O–H groups in total. The third-order valence-electron chi connectivity index (χ3n) is 1.75. The Morgan fingerprint density at radius 3 is 2.50 bits per heavy atom. The summed E-state index contributed by atoms with van der Waals surface area (Å²) in [7, 11) is 0. The van der Waals surface area contributed by atoms with Crippen molar-refractivity contribution in [3.63, 3.8) is 0 Å². The van der Waals surface area contributed by atoms with Crippen molar-refractivity contribution in [2.45, 2.75) is 19.8 Å². The highest BCUT2D eigenvalue weighted by Gasteiger charge is 1.90. The van der Waals surface area contributed by atoms with Crippen molar-refractivity contribution in [3.8, 4) is 0 Å². The van der Waals surface area contributed by atoms with E-state index in [1.807, 2.05) is 0 Å². The van der Waals surface area contributed by atoms with Crippen LogP contribution in [0.15, 0.2) is 36.4 Å². The van der Waals surface area contributed by atoms with E-state index in [1.54, 1.807) is 0 Å². The van der Waals surface area contributed by atoms with Gasteiger partial charge in [0.2, 0.25) is 0 Å². The molecule has 1 heteroatoms. The molecule has 0 aliphatic carbocycles. The molecule has 0 aliphatic heterocycles. The van der Waals surface area contributed by atoms with Crippen LogP contribution in [-0.2, 0) is 6.42 Å². The molecule has 0 bridgehead atoms. The highest BCUT2D eigenvalue weighted by molar-refractivity contribution is 14.1. The average molecular weight is 272 g/mol. The van der Waals surface area contributed by atoms with Crippen LogP contribution >= 0.6 is 22.6 Å². The van der Waals surface area contributed by atoms with Gasteiger partial charge >= 0.3 is 0 Å². The fraction of sp³-hybridized carbons (Fsp3) is 0.273. The predicted octanol–water partition coefficient (Wildman–Crippen LogP) is 3.80. The van der Waals surface area contributed by atoms with Gasteiger partial charge in [0.15, 0.2) is 0 Å². The lowest BCUT2D eigenvalue weighted by Crippen LogP contribution is -1.82. The Kier molecular flexibility index (Phi) is 4.36. The van der Waals surface area contributed by atoms with Gasteiger partial charge in [-0.2, -0.15) is 0 Å². The standard InChI is InChI=1S/C11H13I/c1-2-3-4-5-10-6-8-11(12)9-7-10/h2-3,6-9H,4-5H2,1H3. The van der Waals surface area contributed by atoms with E-state index >= 15 is 0 Å². The van der Waals surface area contributed by atoms with Crippen molar-refractivity contribution in [2.75, 3.05) is 0 Å². The second-order valence-corrected chi connectivity index (χ2v) is 3.98. The summed E-state index contributed by atoms with van der Waals surface area (Å²) in [6.45, 7) is 2.06. The minimum Gasteiger partial charge on any atom is -0.0917 e. The van der Waals surface area contributed by atoms with Gasteiger partial charge in [0, 0.05) is 3.57 Å². The smallest absolute Gasteiger partial charge is 0.0130 e. The van der Waals surface area contributed by atoms with Crippen LogP contribution in [0, 0.1) is 3.57 Å². The first-order valence-corrected chi connectivity index (χ1v) is 5.26. The van der Waals surface area contributed by atoms with E-state index in [0.717, 1.165) is 12.8 Å². The van der Waals surface area contributed by atoms with E-state index in [9.17, 15) is 0 Å². The molecule has 0 unspecified atom stereocenters. The monoisotopic (exact) mass is 272 g/mol. The summed E-state index contributed by atoms with van der Waals surface area (Å²) in [5.41, 5.74) is 1.42. The molecule has 0 saturated carbocycles.